The lowest BCUT2D eigenvalue weighted by molar-refractivity contribution is 0.127. The van der Waals surface area contributed by atoms with E-state index < -0.39 is 9.84 Å². The van der Waals surface area contributed by atoms with Gasteiger partial charge in [-0.1, -0.05) is 6.92 Å². The normalized spacial score (nSPS) is 22.4. The predicted molar refractivity (Wildman–Crippen MR) is 84.5 cm³/mol. The quantitative estimate of drug-likeness (QED) is 0.801. The van der Waals surface area contributed by atoms with Crippen LogP contribution < -0.4 is 10.6 Å². The summed E-state index contributed by atoms with van der Waals surface area (Å²) >= 11 is 0. The Morgan fingerprint density at radius 1 is 1.33 bits per heavy atom. The highest BCUT2D eigenvalue weighted by Gasteiger charge is 2.33. The number of hydrogen-bond acceptors (Lipinski definition) is 5. The Balaban J connectivity index is 2.00. The summed E-state index contributed by atoms with van der Waals surface area (Å²) < 4.78 is 28.9. The van der Waals surface area contributed by atoms with E-state index in [0.717, 1.165) is 31.6 Å². The van der Waals surface area contributed by atoms with Gasteiger partial charge in [0.1, 0.15) is 0 Å². The maximum absolute atomic E-state index is 11.8. The first kappa shape index (κ1) is 16.3. The van der Waals surface area contributed by atoms with E-state index in [0.29, 0.717) is 11.5 Å². The summed E-state index contributed by atoms with van der Waals surface area (Å²) in [5.74, 6) is 0.126. The van der Waals surface area contributed by atoms with E-state index in [2.05, 4.69) is 10.6 Å². The summed E-state index contributed by atoms with van der Waals surface area (Å²) in [6, 6.07) is 6.95. The van der Waals surface area contributed by atoms with Gasteiger partial charge in [0.2, 0.25) is 0 Å². The first-order valence-electron chi connectivity index (χ1n) is 7.32. The summed E-state index contributed by atoms with van der Waals surface area (Å²) in [7, 11) is -1.41. The van der Waals surface area contributed by atoms with Crippen LogP contribution in [-0.2, 0) is 14.6 Å². The molecule has 0 radical (unpaired) electrons. The number of hydrogen-bond donors (Lipinski definition) is 2. The summed E-state index contributed by atoms with van der Waals surface area (Å²) in [4.78, 5) is 0.376. The standard InChI is InChI=1S/C15H24N2O3S/c1-3-21(18,19)14-7-5-13(6-8-14)16-11-15(12-20-2)9-4-10-17-15/h5-8,16-17H,3-4,9-12H2,1-2H3. The minimum absolute atomic E-state index is 0.0249. The van der Waals surface area contributed by atoms with Gasteiger partial charge in [-0.25, -0.2) is 8.42 Å². The number of anilines is 1. The van der Waals surface area contributed by atoms with Crippen LogP contribution in [0.3, 0.4) is 0 Å². The SMILES string of the molecule is CCS(=O)(=O)c1ccc(NCC2(COC)CCCN2)cc1. The molecule has 1 heterocycles. The molecular formula is C15H24N2O3S. The highest BCUT2D eigenvalue weighted by atomic mass is 32.2. The van der Waals surface area contributed by atoms with Gasteiger partial charge in [-0.3, -0.25) is 0 Å². The fourth-order valence-corrected chi connectivity index (χ4v) is 3.57. The molecule has 0 amide bonds. The molecule has 6 heteroatoms. The average Bonchev–Trinajstić information content (AvgIpc) is 2.95. The molecule has 0 aliphatic carbocycles. The van der Waals surface area contributed by atoms with Crippen LogP contribution in [0.4, 0.5) is 5.69 Å². The van der Waals surface area contributed by atoms with Crippen LogP contribution in [0.1, 0.15) is 19.8 Å². The Morgan fingerprint density at radius 2 is 2.05 bits per heavy atom. The van der Waals surface area contributed by atoms with Crippen molar-refractivity contribution < 1.29 is 13.2 Å². The third-order valence-corrected chi connectivity index (χ3v) is 5.73. The van der Waals surface area contributed by atoms with Gasteiger partial charge >= 0.3 is 0 Å². The first-order chi connectivity index (χ1) is 10.0. The Hall–Kier alpha value is -1.11. The molecule has 2 rings (SSSR count). The van der Waals surface area contributed by atoms with Gasteiger partial charge in [0.15, 0.2) is 9.84 Å². The Morgan fingerprint density at radius 3 is 2.57 bits per heavy atom. The lowest BCUT2D eigenvalue weighted by Gasteiger charge is -2.29. The Labute approximate surface area is 127 Å². The highest BCUT2D eigenvalue weighted by Crippen LogP contribution is 2.21. The summed E-state index contributed by atoms with van der Waals surface area (Å²) in [5.41, 5.74) is 0.900. The zero-order chi connectivity index (χ0) is 15.3. The monoisotopic (exact) mass is 312 g/mol. The van der Waals surface area contributed by atoms with Gasteiger partial charge in [0, 0.05) is 19.3 Å². The van der Waals surface area contributed by atoms with Crippen LogP contribution in [0, 0.1) is 0 Å². The first-order valence-corrected chi connectivity index (χ1v) is 8.97. The van der Waals surface area contributed by atoms with Gasteiger partial charge in [0.25, 0.3) is 0 Å². The fourth-order valence-electron chi connectivity index (χ4n) is 2.69. The molecule has 1 aliphatic heterocycles. The van der Waals surface area contributed by atoms with E-state index in [-0.39, 0.29) is 11.3 Å². The highest BCUT2D eigenvalue weighted by molar-refractivity contribution is 7.91. The number of sulfone groups is 1. The van der Waals surface area contributed by atoms with E-state index in [1.165, 1.54) is 0 Å². The van der Waals surface area contributed by atoms with E-state index in [1.54, 1.807) is 26.2 Å². The van der Waals surface area contributed by atoms with Crippen molar-refractivity contribution in [1.82, 2.24) is 5.32 Å². The predicted octanol–water partition coefficient (Wildman–Crippen LogP) is 1.66. The van der Waals surface area contributed by atoms with Crippen molar-refractivity contribution in [2.24, 2.45) is 0 Å². The summed E-state index contributed by atoms with van der Waals surface area (Å²) in [6.07, 6.45) is 2.23. The zero-order valence-corrected chi connectivity index (χ0v) is 13.5. The zero-order valence-electron chi connectivity index (χ0n) is 12.7. The molecule has 1 aromatic rings. The third-order valence-electron chi connectivity index (χ3n) is 3.98. The molecule has 0 saturated carbocycles. The van der Waals surface area contributed by atoms with Crippen molar-refractivity contribution in [3.63, 3.8) is 0 Å². The minimum Gasteiger partial charge on any atom is -0.383 e. The number of nitrogens with one attached hydrogen (secondary N) is 2. The molecular weight excluding hydrogens is 288 g/mol. The number of ether oxygens (including phenoxy) is 1. The third kappa shape index (κ3) is 3.96. The molecule has 0 bridgehead atoms. The molecule has 2 N–H and O–H groups in total. The molecule has 1 unspecified atom stereocenters. The van der Waals surface area contributed by atoms with Gasteiger partial charge in [-0.2, -0.15) is 0 Å². The lowest BCUT2D eigenvalue weighted by atomic mass is 9.98. The van der Waals surface area contributed by atoms with Crippen molar-refractivity contribution in [2.75, 3.05) is 37.9 Å². The van der Waals surface area contributed by atoms with E-state index in [4.69, 9.17) is 4.74 Å². The van der Waals surface area contributed by atoms with E-state index in [1.807, 2.05) is 12.1 Å². The summed E-state index contributed by atoms with van der Waals surface area (Å²) in [5, 5.41) is 6.87. The number of methoxy groups -OCH3 is 1. The second-order valence-corrected chi connectivity index (χ2v) is 7.80. The van der Waals surface area contributed by atoms with Crippen LogP contribution in [0.5, 0.6) is 0 Å². The maximum Gasteiger partial charge on any atom is 0.178 e. The largest absolute Gasteiger partial charge is 0.383 e. The molecule has 0 spiro atoms. The topological polar surface area (TPSA) is 67.4 Å². The van der Waals surface area contributed by atoms with Crippen molar-refractivity contribution in [1.29, 1.82) is 0 Å². The molecule has 5 nitrogen and oxygen atoms in total. The van der Waals surface area contributed by atoms with E-state index in [9.17, 15) is 8.42 Å². The minimum atomic E-state index is -3.13. The smallest absolute Gasteiger partial charge is 0.178 e. The Kier molecular flexibility index (Phi) is 5.24. The lowest BCUT2D eigenvalue weighted by Crippen LogP contribution is -2.49. The van der Waals surface area contributed by atoms with Crippen LogP contribution in [-0.4, -0.2) is 46.5 Å². The molecule has 1 atom stereocenters. The molecule has 118 valence electrons. The molecule has 1 aromatic carbocycles. The van der Waals surface area contributed by atoms with Crippen molar-refractivity contribution in [3.05, 3.63) is 24.3 Å². The molecule has 1 aliphatic rings. The molecule has 1 saturated heterocycles. The van der Waals surface area contributed by atoms with Gasteiger partial charge in [-0.05, 0) is 43.7 Å². The van der Waals surface area contributed by atoms with Crippen molar-refractivity contribution in [3.8, 4) is 0 Å². The number of rotatable bonds is 7. The number of benzene rings is 1. The Bertz CT molecular complexity index is 549. The second-order valence-electron chi connectivity index (χ2n) is 5.53. The van der Waals surface area contributed by atoms with Crippen LogP contribution >= 0.6 is 0 Å². The van der Waals surface area contributed by atoms with Crippen molar-refractivity contribution in [2.45, 2.75) is 30.2 Å². The maximum atomic E-state index is 11.8. The fraction of sp³-hybridized carbons (Fsp3) is 0.600. The van der Waals surface area contributed by atoms with Crippen molar-refractivity contribution >= 4 is 15.5 Å². The van der Waals surface area contributed by atoms with Gasteiger partial charge in [0.05, 0.1) is 22.8 Å². The second kappa shape index (κ2) is 6.77. The van der Waals surface area contributed by atoms with Gasteiger partial charge < -0.3 is 15.4 Å². The molecule has 0 aromatic heterocycles. The van der Waals surface area contributed by atoms with E-state index >= 15 is 0 Å². The van der Waals surface area contributed by atoms with Crippen LogP contribution in [0.2, 0.25) is 0 Å². The average molecular weight is 312 g/mol. The van der Waals surface area contributed by atoms with Gasteiger partial charge in [-0.15, -0.1) is 0 Å². The molecule has 1 fully saturated rings. The van der Waals surface area contributed by atoms with Crippen LogP contribution in [0.25, 0.3) is 0 Å². The molecule has 21 heavy (non-hydrogen) atoms. The summed E-state index contributed by atoms with van der Waals surface area (Å²) in [6.45, 7) is 4.10. The van der Waals surface area contributed by atoms with Crippen LogP contribution in [0.15, 0.2) is 29.2 Å².